The predicted octanol–water partition coefficient (Wildman–Crippen LogP) is 1.59. The van der Waals surface area contributed by atoms with Gasteiger partial charge in [0.25, 0.3) is 5.91 Å². The van der Waals surface area contributed by atoms with Crippen molar-refractivity contribution in [3.8, 4) is 17.2 Å². The topological polar surface area (TPSA) is 114 Å². The minimum atomic E-state index is -4.11. The van der Waals surface area contributed by atoms with Crippen LogP contribution < -0.4 is 19.5 Å². The first-order chi connectivity index (χ1) is 15.6. The van der Waals surface area contributed by atoms with Gasteiger partial charge in [-0.25, -0.2) is 8.42 Å². The molecule has 0 saturated carbocycles. The van der Waals surface area contributed by atoms with E-state index >= 15 is 0 Å². The molecule has 0 bridgehead atoms. The van der Waals surface area contributed by atoms with Crippen molar-refractivity contribution in [3.05, 3.63) is 41.4 Å². The van der Waals surface area contributed by atoms with Crippen LogP contribution >= 0.6 is 11.6 Å². The average Bonchev–Trinajstić information content (AvgIpc) is 2.78. The first-order valence-electron chi connectivity index (χ1n) is 10.00. The molecule has 33 heavy (non-hydrogen) atoms. The molecule has 0 spiro atoms. The number of likely N-dealkylation sites (N-methyl/N-ethyl adjacent to an activating group) is 2. The van der Waals surface area contributed by atoms with E-state index < -0.39 is 28.6 Å². The molecule has 2 heterocycles. The van der Waals surface area contributed by atoms with Crippen LogP contribution in [0, 0.1) is 0 Å². The number of halogens is 1. The third-order valence-corrected chi connectivity index (χ3v) is 7.45. The van der Waals surface area contributed by atoms with Crippen molar-refractivity contribution >= 4 is 39.1 Å². The van der Waals surface area contributed by atoms with Gasteiger partial charge in [0.05, 0.1) is 23.8 Å². The van der Waals surface area contributed by atoms with Gasteiger partial charge in [-0.1, -0.05) is 23.7 Å². The van der Waals surface area contributed by atoms with Crippen LogP contribution in [-0.4, -0.2) is 75.9 Å². The van der Waals surface area contributed by atoms with E-state index in [4.69, 9.17) is 25.8 Å². The number of carbonyl (C=O) groups is 2. The quantitative estimate of drug-likeness (QED) is 0.647. The number of benzene rings is 2. The number of ether oxygens (including phenoxy) is 3. The molecule has 2 aliphatic rings. The number of hydrogen-bond acceptors (Lipinski definition) is 7. The molecule has 10 nitrogen and oxygen atoms in total. The van der Waals surface area contributed by atoms with E-state index in [0.717, 1.165) is 4.31 Å². The highest BCUT2D eigenvalue weighted by molar-refractivity contribution is 7.89. The lowest BCUT2D eigenvalue weighted by Crippen LogP contribution is -2.45. The molecule has 1 atom stereocenters. The Kier molecular flexibility index (Phi) is 6.37. The molecule has 0 aliphatic carbocycles. The highest BCUT2D eigenvalue weighted by Gasteiger charge is 2.30. The summed E-state index contributed by atoms with van der Waals surface area (Å²) in [5.74, 6) is 0.620. The Balaban J connectivity index is 1.41. The summed E-state index contributed by atoms with van der Waals surface area (Å²) in [6.07, 6.45) is -0.391. The molecule has 2 aliphatic heterocycles. The van der Waals surface area contributed by atoms with Crippen LogP contribution in [0.2, 0.25) is 5.02 Å². The van der Waals surface area contributed by atoms with E-state index in [2.05, 4.69) is 5.32 Å². The number of rotatable bonds is 6. The zero-order chi connectivity index (χ0) is 23.8. The lowest BCUT2D eigenvalue weighted by atomic mass is 10.2. The summed E-state index contributed by atoms with van der Waals surface area (Å²) in [5.41, 5.74) is 0.282. The highest BCUT2D eigenvalue weighted by Crippen LogP contribution is 2.36. The fraction of sp³-hybridized carbons (Fsp3) is 0.333. The Bertz CT molecular complexity index is 1200. The Labute approximate surface area is 196 Å². The summed E-state index contributed by atoms with van der Waals surface area (Å²) >= 11 is 6.17. The maximum absolute atomic E-state index is 13.1. The maximum atomic E-state index is 13.1. The van der Waals surface area contributed by atoms with E-state index in [1.54, 1.807) is 19.2 Å². The fourth-order valence-electron chi connectivity index (χ4n) is 3.40. The van der Waals surface area contributed by atoms with Crippen LogP contribution in [0.5, 0.6) is 17.2 Å². The van der Waals surface area contributed by atoms with E-state index in [1.807, 2.05) is 12.1 Å². The smallest absolute Gasteiger partial charge is 0.262 e. The molecule has 176 valence electrons. The molecule has 0 aromatic heterocycles. The van der Waals surface area contributed by atoms with Gasteiger partial charge in [0.2, 0.25) is 15.9 Å². The van der Waals surface area contributed by atoms with E-state index in [1.165, 1.54) is 24.1 Å². The zero-order valence-corrected chi connectivity index (χ0v) is 19.5. The molecule has 0 radical (unpaired) electrons. The van der Waals surface area contributed by atoms with Gasteiger partial charge in [-0.3, -0.25) is 9.59 Å². The van der Waals surface area contributed by atoms with E-state index in [9.17, 15) is 18.0 Å². The van der Waals surface area contributed by atoms with Gasteiger partial charge in [0, 0.05) is 20.2 Å². The Morgan fingerprint density at radius 1 is 1.15 bits per heavy atom. The van der Waals surface area contributed by atoms with Crippen molar-refractivity contribution in [1.82, 2.24) is 9.21 Å². The fourth-order valence-corrected chi connectivity index (χ4v) is 5.04. The third kappa shape index (κ3) is 4.85. The second-order valence-electron chi connectivity index (χ2n) is 7.65. The lowest BCUT2D eigenvalue weighted by Gasteiger charge is -2.30. The third-order valence-electron chi connectivity index (χ3n) is 5.18. The first-order valence-corrected chi connectivity index (χ1v) is 11.8. The summed E-state index contributed by atoms with van der Waals surface area (Å²) in [6.45, 7) is -0.156. The molecule has 12 heteroatoms. The van der Waals surface area contributed by atoms with Crippen LogP contribution in [0.3, 0.4) is 0 Å². The van der Waals surface area contributed by atoms with Crippen molar-refractivity contribution in [2.24, 2.45) is 0 Å². The second kappa shape index (κ2) is 9.08. The zero-order valence-electron chi connectivity index (χ0n) is 17.9. The second-order valence-corrected chi connectivity index (χ2v) is 10.1. The van der Waals surface area contributed by atoms with Crippen LogP contribution in [-0.2, 0) is 19.6 Å². The predicted molar refractivity (Wildman–Crippen MR) is 119 cm³/mol. The molecule has 0 fully saturated rings. The number of nitrogens with zero attached hydrogens (tertiary/aromatic N) is 2. The summed E-state index contributed by atoms with van der Waals surface area (Å²) in [7, 11) is -1.26. The molecule has 2 aromatic rings. The highest BCUT2D eigenvalue weighted by atomic mass is 35.5. The van der Waals surface area contributed by atoms with Crippen LogP contribution in [0.25, 0.3) is 0 Å². The maximum Gasteiger partial charge on any atom is 0.262 e. The lowest BCUT2D eigenvalue weighted by molar-refractivity contribution is -0.131. The average molecular weight is 496 g/mol. The van der Waals surface area contributed by atoms with Crippen molar-refractivity contribution in [3.63, 3.8) is 0 Å². The van der Waals surface area contributed by atoms with Crippen LogP contribution in [0.4, 0.5) is 5.69 Å². The number of amides is 2. The summed E-state index contributed by atoms with van der Waals surface area (Å²) in [4.78, 5) is 25.3. The van der Waals surface area contributed by atoms with Crippen LogP contribution in [0.1, 0.15) is 0 Å². The number of fused-ring (bicyclic) bond motifs is 2. The van der Waals surface area contributed by atoms with Gasteiger partial charge >= 0.3 is 0 Å². The molecule has 0 unspecified atom stereocenters. The standard InChI is InChI=1S/C21H22ClN3O7S/c1-24(9-13-11-30-16-5-3-4-6-17(16)32-13)21(27)10-25(2)33(28,29)19-8-18-15(7-14(19)22)23-20(26)12-31-18/h3-8,13H,9-12H2,1-2H3,(H,23,26)/t13-/m1/s1. The van der Waals surface area contributed by atoms with Crippen molar-refractivity contribution in [2.75, 3.05) is 45.7 Å². The molecule has 1 N–H and O–H groups in total. The van der Waals surface area contributed by atoms with Gasteiger partial charge < -0.3 is 24.4 Å². The van der Waals surface area contributed by atoms with Gasteiger partial charge in [0.1, 0.15) is 17.3 Å². The van der Waals surface area contributed by atoms with Gasteiger partial charge in [0.15, 0.2) is 24.2 Å². The Morgan fingerprint density at radius 3 is 2.64 bits per heavy atom. The number of carbonyl (C=O) groups excluding carboxylic acids is 2. The van der Waals surface area contributed by atoms with Gasteiger partial charge in [-0.15, -0.1) is 0 Å². The van der Waals surface area contributed by atoms with E-state index in [-0.39, 0.29) is 47.0 Å². The summed E-state index contributed by atoms with van der Waals surface area (Å²) < 4.78 is 43.8. The summed E-state index contributed by atoms with van der Waals surface area (Å²) in [6, 6.07) is 9.78. The number of hydrogen-bond donors (Lipinski definition) is 1. The number of nitrogens with one attached hydrogen (secondary N) is 1. The largest absolute Gasteiger partial charge is 0.486 e. The minimum Gasteiger partial charge on any atom is -0.486 e. The summed E-state index contributed by atoms with van der Waals surface area (Å²) in [5, 5.41) is 2.46. The van der Waals surface area contributed by atoms with Gasteiger partial charge in [-0.2, -0.15) is 4.31 Å². The Hall–Kier alpha value is -3.02. The number of anilines is 1. The molecule has 0 saturated heterocycles. The Morgan fingerprint density at radius 2 is 1.88 bits per heavy atom. The van der Waals surface area contributed by atoms with Crippen molar-refractivity contribution in [2.45, 2.75) is 11.0 Å². The van der Waals surface area contributed by atoms with E-state index in [0.29, 0.717) is 11.5 Å². The minimum absolute atomic E-state index is 0.0985. The SMILES string of the molecule is CN(C[C@@H]1COc2ccccc2O1)C(=O)CN(C)S(=O)(=O)c1cc2c(cc1Cl)NC(=O)CO2. The normalized spacial score (nSPS) is 17.1. The molecule has 2 aromatic carbocycles. The molecular weight excluding hydrogens is 474 g/mol. The number of sulfonamides is 1. The molecular formula is C21H22ClN3O7S. The first kappa shape index (κ1) is 23.1. The molecule has 4 rings (SSSR count). The van der Waals surface area contributed by atoms with Crippen LogP contribution in [0.15, 0.2) is 41.3 Å². The van der Waals surface area contributed by atoms with Crippen molar-refractivity contribution in [1.29, 1.82) is 0 Å². The number of para-hydroxylation sites is 2. The molecule has 2 amide bonds. The monoisotopic (exact) mass is 495 g/mol. The van der Waals surface area contributed by atoms with Crippen molar-refractivity contribution < 1.29 is 32.2 Å². The van der Waals surface area contributed by atoms with Gasteiger partial charge in [-0.05, 0) is 18.2 Å².